The van der Waals surface area contributed by atoms with E-state index in [1.165, 1.54) is 0 Å². The summed E-state index contributed by atoms with van der Waals surface area (Å²) in [6, 6.07) is 1.75. The van der Waals surface area contributed by atoms with Crippen molar-refractivity contribution in [3.05, 3.63) is 18.0 Å². The third-order valence-electron chi connectivity index (χ3n) is 3.22. The summed E-state index contributed by atoms with van der Waals surface area (Å²) in [5.41, 5.74) is 6.04. The minimum atomic E-state index is -0.774. The lowest BCUT2D eigenvalue weighted by Gasteiger charge is -2.31. The molecule has 0 saturated carbocycles. The van der Waals surface area contributed by atoms with Crippen molar-refractivity contribution in [1.82, 2.24) is 9.78 Å². The van der Waals surface area contributed by atoms with Crippen molar-refractivity contribution in [3.8, 4) is 0 Å². The van der Waals surface area contributed by atoms with Crippen LogP contribution in [-0.4, -0.2) is 34.3 Å². The van der Waals surface area contributed by atoms with E-state index in [0.717, 1.165) is 13.0 Å². The van der Waals surface area contributed by atoms with Gasteiger partial charge in [-0.2, -0.15) is 5.10 Å². The zero-order valence-corrected chi connectivity index (χ0v) is 10.2. The summed E-state index contributed by atoms with van der Waals surface area (Å²) in [4.78, 5) is 12.4. The highest BCUT2D eigenvalue weighted by atomic mass is 16.5. The van der Waals surface area contributed by atoms with Gasteiger partial charge in [0.05, 0.1) is 5.54 Å². The molecule has 1 aliphatic rings. The van der Waals surface area contributed by atoms with Crippen LogP contribution in [0, 0.1) is 0 Å². The first-order chi connectivity index (χ1) is 8.17. The van der Waals surface area contributed by atoms with Gasteiger partial charge in [-0.1, -0.05) is 6.92 Å². The second kappa shape index (κ2) is 4.98. The number of aryl methyl sites for hydroxylation is 1. The molecule has 0 atom stereocenters. The standard InChI is InChI=1S/C12H19N3O2/c1-2-7-15-10(3-6-14-15)11(16)12(13)4-8-17-9-5-12/h3,6H,2,4-5,7-9,13H2,1H3. The van der Waals surface area contributed by atoms with E-state index < -0.39 is 5.54 Å². The quantitative estimate of drug-likeness (QED) is 0.793. The molecule has 2 rings (SSSR count). The highest BCUT2D eigenvalue weighted by Crippen LogP contribution is 2.22. The SMILES string of the molecule is CCCn1nccc1C(=O)C1(N)CCOCC1. The number of Topliss-reactive ketones (excluding diaryl/α,β-unsaturated/α-hetero) is 1. The topological polar surface area (TPSA) is 70.1 Å². The molecule has 0 bridgehead atoms. The molecule has 1 aromatic heterocycles. The van der Waals surface area contributed by atoms with E-state index in [9.17, 15) is 4.79 Å². The fourth-order valence-electron chi connectivity index (χ4n) is 2.13. The lowest BCUT2D eigenvalue weighted by molar-refractivity contribution is 0.0441. The predicted molar refractivity (Wildman–Crippen MR) is 63.8 cm³/mol. The molecule has 2 heterocycles. The molecule has 1 fully saturated rings. The van der Waals surface area contributed by atoms with Gasteiger partial charge in [-0.15, -0.1) is 0 Å². The van der Waals surface area contributed by atoms with Gasteiger partial charge in [-0.05, 0) is 25.3 Å². The van der Waals surface area contributed by atoms with E-state index >= 15 is 0 Å². The van der Waals surface area contributed by atoms with Crippen molar-refractivity contribution in [2.24, 2.45) is 5.73 Å². The molecule has 1 aliphatic heterocycles. The van der Waals surface area contributed by atoms with Crippen molar-refractivity contribution < 1.29 is 9.53 Å². The number of carbonyl (C=O) groups is 1. The number of carbonyl (C=O) groups excluding carboxylic acids is 1. The van der Waals surface area contributed by atoms with Gasteiger partial charge in [0.25, 0.3) is 0 Å². The number of rotatable bonds is 4. The van der Waals surface area contributed by atoms with Crippen LogP contribution in [0.25, 0.3) is 0 Å². The fraction of sp³-hybridized carbons (Fsp3) is 0.667. The second-order valence-electron chi connectivity index (χ2n) is 4.54. The summed E-state index contributed by atoms with van der Waals surface area (Å²) < 4.78 is 7.00. The maximum Gasteiger partial charge on any atom is 0.200 e. The maximum atomic E-state index is 12.4. The predicted octanol–water partition coefficient (Wildman–Crippen LogP) is 0.984. The van der Waals surface area contributed by atoms with Crippen molar-refractivity contribution in [2.75, 3.05) is 13.2 Å². The zero-order valence-electron chi connectivity index (χ0n) is 10.2. The summed E-state index contributed by atoms with van der Waals surface area (Å²) in [5.74, 6) is -0.00764. The first kappa shape index (κ1) is 12.3. The lowest BCUT2D eigenvalue weighted by Crippen LogP contribution is -2.52. The average molecular weight is 237 g/mol. The molecule has 0 radical (unpaired) electrons. The van der Waals surface area contributed by atoms with Gasteiger partial charge in [0.2, 0.25) is 5.78 Å². The number of nitrogens with two attached hydrogens (primary N) is 1. The van der Waals surface area contributed by atoms with Gasteiger partial charge in [-0.3, -0.25) is 9.48 Å². The van der Waals surface area contributed by atoms with Crippen molar-refractivity contribution >= 4 is 5.78 Å². The molecule has 0 unspecified atom stereocenters. The number of nitrogens with zero attached hydrogens (tertiary/aromatic N) is 2. The van der Waals surface area contributed by atoms with E-state index in [1.54, 1.807) is 16.9 Å². The molecule has 0 aromatic carbocycles. The molecule has 0 amide bonds. The Kier molecular flexibility index (Phi) is 3.59. The van der Waals surface area contributed by atoms with E-state index in [1.807, 2.05) is 0 Å². The van der Waals surface area contributed by atoms with Crippen LogP contribution in [0.15, 0.2) is 12.3 Å². The maximum absolute atomic E-state index is 12.4. The molecular formula is C12H19N3O2. The number of aromatic nitrogens is 2. The van der Waals surface area contributed by atoms with Gasteiger partial charge in [-0.25, -0.2) is 0 Å². The molecule has 17 heavy (non-hydrogen) atoms. The van der Waals surface area contributed by atoms with Crippen LogP contribution in [0.1, 0.15) is 36.7 Å². The molecular weight excluding hydrogens is 218 g/mol. The lowest BCUT2D eigenvalue weighted by atomic mass is 9.85. The molecule has 1 saturated heterocycles. The van der Waals surface area contributed by atoms with Crippen LogP contribution in [-0.2, 0) is 11.3 Å². The van der Waals surface area contributed by atoms with Crippen LogP contribution in [0.4, 0.5) is 0 Å². The number of ketones is 1. The molecule has 5 heteroatoms. The first-order valence-corrected chi connectivity index (χ1v) is 6.10. The highest BCUT2D eigenvalue weighted by Gasteiger charge is 2.37. The number of hydrogen-bond donors (Lipinski definition) is 1. The minimum Gasteiger partial charge on any atom is -0.381 e. The molecule has 2 N–H and O–H groups in total. The number of ether oxygens (including phenoxy) is 1. The van der Waals surface area contributed by atoms with Crippen molar-refractivity contribution in [1.29, 1.82) is 0 Å². The van der Waals surface area contributed by atoms with Crippen molar-refractivity contribution in [3.63, 3.8) is 0 Å². The molecule has 1 aromatic rings. The Morgan fingerprint density at radius 3 is 2.94 bits per heavy atom. The Labute approximate surface area is 101 Å². The fourth-order valence-corrected chi connectivity index (χ4v) is 2.13. The second-order valence-corrected chi connectivity index (χ2v) is 4.54. The number of hydrogen-bond acceptors (Lipinski definition) is 4. The van der Waals surface area contributed by atoms with Crippen molar-refractivity contribution in [2.45, 2.75) is 38.3 Å². The van der Waals surface area contributed by atoms with Gasteiger partial charge >= 0.3 is 0 Å². The van der Waals surface area contributed by atoms with Gasteiger partial charge < -0.3 is 10.5 Å². The normalized spacial score (nSPS) is 19.2. The smallest absolute Gasteiger partial charge is 0.200 e. The van der Waals surface area contributed by atoms with E-state index in [4.69, 9.17) is 10.5 Å². The Bertz CT molecular complexity index is 394. The largest absolute Gasteiger partial charge is 0.381 e. The van der Waals surface area contributed by atoms with E-state index in [-0.39, 0.29) is 5.78 Å². The van der Waals surface area contributed by atoms with Gasteiger partial charge in [0, 0.05) is 26.0 Å². The molecule has 94 valence electrons. The summed E-state index contributed by atoms with van der Waals surface area (Å²) in [6.07, 6.45) is 3.78. The summed E-state index contributed by atoms with van der Waals surface area (Å²) in [6.45, 7) is 3.93. The van der Waals surface area contributed by atoms with Crippen LogP contribution in [0.5, 0.6) is 0 Å². The van der Waals surface area contributed by atoms with Gasteiger partial charge in [0.1, 0.15) is 5.69 Å². The summed E-state index contributed by atoms with van der Waals surface area (Å²) in [5, 5.41) is 4.16. The molecule has 0 aliphatic carbocycles. The van der Waals surface area contributed by atoms with E-state index in [0.29, 0.717) is 31.7 Å². The van der Waals surface area contributed by atoms with Crippen LogP contribution in [0.3, 0.4) is 0 Å². The third-order valence-corrected chi connectivity index (χ3v) is 3.22. The zero-order chi connectivity index (χ0) is 12.3. The first-order valence-electron chi connectivity index (χ1n) is 6.10. The Morgan fingerprint density at radius 2 is 2.29 bits per heavy atom. The average Bonchev–Trinajstić information content (AvgIpc) is 2.78. The van der Waals surface area contributed by atoms with Crippen LogP contribution >= 0.6 is 0 Å². The van der Waals surface area contributed by atoms with Crippen LogP contribution < -0.4 is 5.73 Å². The minimum absolute atomic E-state index is 0.00764. The molecule has 5 nitrogen and oxygen atoms in total. The Hall–Kier alpha value is -1.20. The third kappa shape index (κ3) is 2.40. The summed E-state index contributed by atoms with van der Waals surface area (Å²) >= 11 is 0. The monoisotopic (exact) mass is 237 g/mol. The Balaban J connectivity index is 2.20. The van der Waals surface area contributed by atoms with E-state index in [2.05, 4.69) is 12.0 Å². The Morgan fingerprint density at radius 1 is 1.59 bits per heavy atom. The molecule has 0 spiro atoms. The summed E-state index contributed by atoms with van der Waals surface area (Å²) in [7, 11) is 0. The highest BCUT2D eigenvalue weighted by molar-refractivity contribution is 6.01. The van der Waals surface area contributed by atoms with Crippen LogP contribution in [0.2, 0.25) is 0 Å². The van der Waals surface area contributed by atoms with Gasteiger partial charge in [0.15, 0.2) is 0 Å².